The highest BCUT2D eigenvalue weighted by Crippen LogP contribution is 2.27. The molecule has 0 aliphatic heterocycles. The molecule has 0 atom stereocenters. The Morgan fingerprint density at radius 1 is 1.39 bits per heavy atom. The van der Waals surface area contributed by atoms with Gasteiger partial charge in [0.25, 0.3) is 0 Å². The van der Waals surface area contributed by atoms with E-state index >= 15 is 0 Å². The fourth-order valence-corrected chi connectivity index (χ4v) is 2.03. The molecule has 0 heterocycles. The van der Waals surface area contributed by atoms with Crippen molar-refractivity contribution >= 4 is 27.8 Å². The quantitative estimate of drug-likeness (QED) is 0.648. The number of allylic oxidation sites excluding steroid dienone is 1. The summed E-state index contributed by atoms with van der Waals surface area (Å²) in [4.78, 5) is 13.3. The van der Waals surface area contributed by atoms with Gasteiger partial charge in [-0.1, -0.05) is 35.9 Å². The zero-order chi connectivity index (χ0) is 13.5. The van der Waals surface area contributed by atoms with Crippen LogP contribution in [0, 0.1) is 0 Å². The van der Waals surface area contributed by atoms with Crippen molar-refractivity contribution < 1.29 is 9.90 Å². The van der Waals surface area contributed by atoms with E-state index in [1.807, 2.05) is 6.08 Å². The first kappa shape index (κ1) is 14.9. The number of phenols is 1. The first-order chi connectivity index (χ1) is 8.62. The summed E-state index contributed by atoms with van der Waals surface area (Å²) in [5, 5.41) is 9.78. The van der Waals surface area contributed by atoms with Gasteiger partial charge in [0.1, 0.15) is 5.75 Å². The van der Waals surface area contributed by atoms with Gasteiger partial charge in [0.15, 0.2) is 6.29 Å². The summed E-state index contributed by atoms with van der Waals surface area (Å²) in [6, 6.07) is 5.07. The molecule has 0 bridgehead atoms. The Bertz CT molecular complexity index is 439. The molecule has 0 fully saturated rings. The van der Waals surface area contributed by atoms with Gasteiger partial charge in [-0.2, -0.15) is 0 Å². The third-order valence-corrected chi connectivity index (χ3v) is 3.35. The second kappa shape index (κ2) is 7.34. The summed E-state index contributed by atoms with van der Waals surface area (Å²) < 4.78 is 0.839. The van der Waals surface area contributed by atoms with Crippen LogP contribution >= 0.6 is 15.9 Å². The SMILES string of the molecule is CCN(CC)CC=C(C=O)c1cc(Br)ccc1O. The van der Waals surface area contributed by atoms with Crippen LogP contribution in [0.4, 0.5) is 0 Å². The lowest BCUT2D eigenvalue weighted by Crippen LogP contribution is -2.22. The zero-order valence-electron chi connectivity index (χ0n) is 10.7. The van der Waals surface area contributed by atoms with Crippen LogP contribution in [-0.4, -0.2) is 35.9 Å². The summed E-state index contributed by atoms with van der Waals surface area (Å²) >= 11 is 3.34. The number of carbonyl (C=O) groups excluding carboxylic acids is 1. The van der Waals surface area contributed by atoms with Crippen molar-refractivity contribution in [2.24, 2.45) is 0 Å². The van der Waals surface area contributed by atoms with Crippen LogP contribution in [0.15, 0.2) is 28.7 Å². The maximum Gasteiger partial charge on any atom is 0.150 e. The van der Waals surface area contributed by atoms with Crippen LogP contribution in [0.1, 0.15) is 19.4 Å². The molecule has 0 saturated heterocycles. The number of rotatable bonds is 6. The number of benzene rings is 1. The molecular formula is C14H18BrNO2. The summed E-state index contributed by atoms with van der Waals surface area (Å²) in [5.74, 6) is 0.121. The van der Waals surface area contributed by atoms with Crippen molar-refractivity contribution in [1.29, 1.82) is 0 Å². The number of hydrogen-bond donors (Lipinski definition) is 1. The Morgan fingerprint density at radius 2 is 2.06 bits per heavy atom. The molecule has 0 unspecified atom stereocenters. The van der Waals surface area contributed by atoms with Crippen LogP contribution in [0.25, 0.3) is 5.57 Å². The fraction of sp³-hybridized carbons (Fsp3) is 0.357. The van der Waals surface area contributed by atoms with Crippen LogP contribution in [-0.2, 0) is 4.79 Å². The molecule has 0 aliphatic carbocycles. The molecule has 0 radical (unpaired) electrons. The lowest BCUT2D eigenvalue weighted by Gasteiger charge is -2.15. The Morgan fingerprint density at radius 3 is 2.61 bits per heavy atom. The summed E-state index contributed by atoms with van der Waals surface area (Å²) in [6.45, 7) is 6.73. The van der Waals surface area contributed by atoms with Gasteiger partial charge >= 0.3 is 0 Å². The van der Waals surface area contributed by atoms with Gasteiger partial charge < -0.3 is 10.0 Å². The second-order valence-electron chi connectivity index (χ2n) is 3.92. The zero-order valence-corrected chi connectivity index (χ0v) is 12.3. The number of carbonyl (C=O) groups is 1. The average Bonchev–Trinajstić information content (AvgIpc) is 2.38. The molecule has 1 aromatic rings. The molecule has 0 spiro atoms. The maximum absolute atomic E-state index is 11.1. The Balaban J connectivity index is 2.98. The van der Waals surface area contributed by atoms with E-state index in [9.17, 15) is 9.90 Å². The van der Waals surface area contributed by atoms with Gasteiger partial charge in [-0.15, -0.1) is 0 Å². The van der Waals surface area contributed by atoms with Crippen LogP contribution in [0.2, 0.25) is 0 Å². The van der Waals surface area contributed by atoms with Gasteiger partial charge in [-0.3, -0.25) is 4.79 Å². The molecule has 0 amide bonds. The molecule has 1 aromatic carbocycles. The molecule has 1 rings (SSSR count). The molecule has 0 aliphatic rings. The van der Waals surface area contributed by atoms with E-state index in [2.05, 4.69) is 34.7 Å². The summed E-state index contributed by atoms with van der Waals surface area (Å²) in [6.07, 6.45) is 2.63. The molecule has 0 aromatic heterocycles. The molecule has 0 saturated carbocycles. The van der Waals surface area contributed by atoms with Gasteiger partial charge in [-0.25, -0.2) is 0 Å². The maximum atomic E-state index is 11.1. The lowest BCUT2D eigenvalue weighted by molar-refractivity contribution is -0.103. The number of hydrogen-bond acceptors (Lipinski definition) is 3. The van der Waals surface area contributed by atoms with Gasteiger partial charge in [0.05, 0.1) is 0 Å². The molecule has 98 valence electrons. The predicted molar refractivity (Wildman–Crippen MR) is 77.6 cm³/mol. The normalized spacial score (nSPS) is 11.9. The number of aromatic hydroxyl groups is 1. The van der Waals surface area contributed by atoms with E-state index in [0.29, 0.717) is 17.7 Å². The molecule has 18 heavy (non-hydrogen) atoms. The van der Waals surface area contributed by atoms with E-state index in [1.165, 1.54) is 0 Å². The van der Waals surface area contributed by atoms with Crippen molar-refractivity contribution in [3.63, 3.8) is 0 Å². The van der Waals surface area contributed by atoms with Crippen LogP contribution < -0.4 is 0 Å². The van der Waals surface area contributed by atoms with E-state index in [0.717, 1.165) is 23.8 Å². The molecular weight excluding hydrogens is 294 g/mol. The van der Waals surface area contributed by atoms with Gasteiger partial charge in [-0.05, 0) is 31.3 Å². The number of halogens is 1. The highest BCUT2D eigenvalue weighted by atomic mass is 79.9. The van der Waals surface area contributed by atoms with Crippen LogP contribution in [0.3, 0.4) is 0 Å². The topological polar surface area (TPSA) is 40.5 Å². The van der Waals surface area contributed by atoms with Crippen molar-refractivity contribution in [3.8, 4) is 5.75 Å². The van der Waals surface area contributed by atoms with Crippen molar-refractivity contribution in [3.05, 3.63) is 34.3 Å². The standard InChI is InChI=1S/C14H18BrNO2/c1-3-16(4-2)8-7-11(10-17)13-9-12(15)5-6-14(13)18/h5-7,9-10,18H,3-4,8H2,1-2H3. The Hall–Kier alpha value is -1.13. The highest BCUT2D eigenvalue weighted by Gasteiger charge is 2.07. The average molecular weight is 312 g/mol. The first-order valence-electron chi connectivity index (χ1n) is 5.98. The minimum Gasteiger partial charge on any atom is -0.507 e. The number of phenolic OH excluding ortho intramolecular Hbond substituents is 1. The van der Waals surface area contributed by atoms with Gasteiger partial charge in [0.2, 0.25) is 0 Å². The largest absolute Gasteiger partial charge is 0.507 e. The van der Waals surface area contributed by atoms with E-state index < -0.39 is 0 Å². The minimum atomic E-state index is 0.121. The Kier molecular flexibility index (Phi) is 6.09. The number of nitrogens with zero attached hydrogens (tertiary/aromatic N) is 1. The monoisotopic (exact) mass is 311 g/mol. The second-order valence-corrected chi connectivity index (χ2v) is 4.84. The Labute approximate surface area is 116 Å². The molecule has 4 heteroatoms. The number of likely N-dealkylation sites (N-methyl/N-ethyl adjacent to an activating group) is 1. The first-order valence-corrected chi connectivity index (χ1v) is 6.78. The van der Waals surface area contributed by atoms with E-state index in [1.54, 1.807) is 18.2 Å². The third kappa shape index (κ3) is 3.96. The third-order valence-electron chi connectivity index (χ3n) is 2.86. The van der Waals surface area contributed by atoms with E-state index in [4.69, 9.17) is 0 Å². The summed E-state index contributed by atoms with van der Waals surface area (Å²) in [5.41, 5.74) is 1.08. The van der Waals surface area contributed by atoms with Crippen molar-refractivity contribution in [2.75, 3.05) is 19.6 Å². The van der Waals surface area contributed by atoms with Gasteiger partial charge in [0, 0.05) is 22.2 Å². The smallest absolute Gasteiger partial charge is 0.150 e. The van der Waals surface area contributed by atoms with Crippen molar-refractivity contribution in [2.45, 2.75) is 13.8 Å². The molecule has 3 nitrogen and oxygen atoms in total. The molecule has 1 N–H and O–H groups in total. The predicted octanol–water partition coefficient (Wildman–Crippen LogP) is 3.08. The minimum absolute atomic E-state index is 0.121. The summed E-state index contributed by atoms with van der Waals surface area (Å²) in [7, 11) is 0. The van der Waals surface area contributed by atoms with E-state index in [-0.39, 0.29) is 5.75 Å². The van der Waals surface area contributed by atoms with Crippen LogP contribution in [0.5, 0.6) is 5.75 Å². The van der Waals surface area contributed by atoms with Crippen molar-refractivity contribution in [1.82, 2.24) is 4.90 Å². The number of aldehydes is 1. The fourth-order valence-electron chi connectivity index (χ4n) is 1.67. The highest BCUT2D eigenvalue weighted by molar-refractivity contribution is 9.10. The lowest BCUT2D eigenvalue weighted by atomic mass is 10.1.